The number of hydrogen-bond acceptors (Lipinski definition) is 2. The SMILES string of the molecule is CCCCCCCCCCCCCCCCCCPc1ccc(NC(=O)CCCN)cc1. The zero-order valence-corrected chi connectivity index (χ0v) is 21.9. The Hall–Kier alpha value is -0.920. The van der Waals surface area contributed by atoms with Crippen LogP contribution in [0.15, 0.2) is 24.3 Å². The van der Waals surface area contributed by atoms with E-state index in [0.29, 0.717) is 13.0 Å². The van der Waals surface area contributed by atoms with Gasteiger partial charge in [0.05, 0.1) is 0 Å². The Balaban J connectivity index is 1.86. The maximum Gasteiger partial charge on any atom is 0.224 e. The van der Waals surface area contributed by atoms with Gasteiger partial charge in [-0.1, -0.05) is 124 Å². The fourth-order valence-corrected chi connectivity index (χ4v) is 5.18. The first kappa shape index (κ1) is 29.1. The van der Waals surface area contributed by atoms with E-state index < -0.39 is 0 Å². The highest BCUT2D eigenvalue weighted by Crippen LogP contribution is 2.18. The zero-order chi connectivity index (χ0) is 23.1. The number of rotatable bonds is 22. The third kappa shape index (κ3) is 17.6. The van der Waals surface area contributed by atoms with E-state index in [9.17, 15) is 4.79 Å². The van der Waals surface area contributed by atoms with Gasteiger partial charge in [-0.15, -0.1) is 0 Å². The molecule has 1 atom stereocenters. The van der Waals surface area contributed by atoms with Crippen molar-refractivity contribution in [2.75, 3.05) is 18.0 Å². The third-order valence-electron chi connectivity index (χ3n) is 6.14. The molecule has 0 spiro atoms. The van der Waals surface area contributed by atoms with E-state index in [-0.39, 0.29) is 5.91 Å². The van der Waals surface area contributed by atoms with E-state index in [1.165, 1.54) is 114 Å². The van der Waals surface area contributed by atoms with Crippen LogP contribution in [0.1, 0.15) is 122 Å². The lowest BCUT2D eigenvalue weighted by Gasteiger charge is -2.07. The third-order valence-corrected chi connectivity index (χ3v) is 7.48. The fourth-order valence-electron chi connectivity index (χ4n) is 4.06. The molecule has 32 heavy (non-hydrogen) atoms. The van der Waals surface area contributed by atoms with Crippen LogP contribution >= 0.6 is 8.58 Å². The average Bonchev–Trinajstić information content (AvgIpc) is 2.80. The Morgan fingerprint density at radius 3 is 1.66 bits per heavy atom. The van der Waals surface area contributed by atoms with Crippen molar-refractivity contribution in [1.29, 1.82) is 0 Å². The number of amides is 1. The van der Waals surface area contributed by atoms with Crippen molar-refractivity contribution in [3.8, 4) is 0 Å². The molecule has 0 radical (unpaired) electrons. The van der Waals surface area contributed by atoms with E-state index in [4.69, 9.17) is 5.73 Å². The first-order valence-electron chi connectivity index (χ1n) is 13.6. The lowest BCUT2D eigenvalue weighted by atomic mass is 10.0. The molecule has 3 N–H and O–H groups in total. The molecule has 3 nitrogen and oxygen atoms in total. The quantitative estimate of drug-likeness (QED) is 0.136. The fraction of sp³-hybridized carbons (Fsp3) is 0.750. The maximum absolute atomic E-state index is 11.7. The summed E-state index contributed by atoms with van der Waals surface area (Å²) in [7, 11) is 0.879. The standard InChI is InChI=1S/C28H51N2OP/c1-2-3-4-5-6-7-8-9-10-11-12-13-14-15-16-17-25-32-27-22-20-26(21-23-27)30-28(31)19-18-24-29/h20-23,32H,2-19,24-25,29H2,1H3,(H,30,31). The van der Waals surface area contributed by atoms with Crippen molar-refractivity contribution in [2.45, 2.75) is 122 Å². The summed E-state index contributed by atoms with van der Waals surface area (Å²) in [6, 6.07) is 8.36. The van der Waals surface area contributed by atoms with E-state index in [1.807, 2.05) is 12.1 Å². The summed E-state index contributed by atoms with van der Waals surface area (Å²) in [6.07, 6.45) is 25.3. The highest BCUT2D eigenvalue weighted by Gasteiger charge is 2.02. The maximum atomic E-state index is 11.7. The van der Waals surface area contributed by atoms with Crippen LogP contribution in [-0.2, 0) is 4.79 Å². The van der Waals surface area contributed by atoms with Crippen LogP contribution in [-0.4, -0.2) is 18.6 Å². The van der Waals surface area contributed by atoms with Crippen molar-refractivity contribution >= 4 is 25.5 Å². The highest BCUT2D eigenvalue weighted by atomic mass is 31.1. The smallest absolute Gasteiger partial charge is 0.224 e. The van der Waals surface area contributed by atoms with E-state index in [2.05, 4.69) is 24.4 Å². The summed E-state index contributed by atoms with van der Waals surface area (Å²) in [4.78, 5) is 11.7. The predicted molar refractivity (Wildman–Crippen MR) is 146 cm³/mol. The Kier molecular flexibility index (Phi) is 19.9. The second-order valence-corrected chi connectivity index (χ2v) is 10.7. The summed E-state index contributed by atoms with van der Waals surface area (Å²) >= 11 is 0. The van der Waals surface area contributed by atoms with Crippen LogP contribution in [0.3, 0.4) is 0 Å². The first-order valence-corrected chi connectivity index (χ1v) is 14.8. The second kappa shape index (κ2) is 21.9. The number of benzene rings is 1. The molecule has 1 aromatic rings. The average molecular weight is 463 g/mol. The van der Waals surface area contributed by atoms with Crippen LogP contribution in [0.25, 0.3) is 0 Å². The number of nitrogens with one attached hydrogen (secondary N) is 1. The number of nitrogens with two attached hydrogens (primary N) is 1. The van der Waals surface area contributed by atoms with Crippen molar-refractivity contribution in [3.05, 3.63) is 24.3 Å². The van der Waals surface area contributed by atoms with Gasteiger partial charge in [-0.2, -0.15) is 0 Å². The van der Waals surface area contributed by atoms with Crippen molar-refractivity contribution in [3.63, 3.8) is 0 Å². The summed E-state index contributed by atoms with van der Waals surface area (Å²) in [5.41, 5.74) is 6.34. The summed E-state index contributed by atoms with van der Waals surface area (Å²) in [6.45, 7) is 2.85. The highest BCUT2D eigenvalue weighted by molar-refractivity contribution is 7.47. The van der Waals surface area contributed by atoms with Crippen LogP contribution in [0.5, 0.6) is 0 Å². The van der Waals surface area contributed by atoms with Gasteiger partial charge in [-0.25, -0.2) is 0 Å². The van der Waals surface area contributed by atoms with Gasteiger partial charge in [-0.05, 0) is 43.0 Å². The van der Waals surface area contributed by atoms with Gasteiger partial charge in [-0.3, -0.25) is 4.79 Å². The lowest BCUT2D eigenvalue weighted by molar-refractivity contribution is -0.116. The minimum absolute atomic E-state index is 0.0545. The number of hydrogen-bond donors (Lipinski definition) is 2. The van der Waals surface area contributed by atoms with Crippen molar-refractivity contribution in [2.24, 2.45) is 5.73 Å². The first-order chi connectivity index (χ1) is 15.8. The van der Waals surface area contributed by atoms with Gasteiger partial charge < -0.3 is 11.1 Å². The molecule has 0 aliphatic carbocycles. The molecule has 1 aromatic carbocycles. The Morgan fingerprint density at radius 1 is 0.719 bits per heavy atom. The molecular formula is C28H51N2OP. The van der Waals surface area contributed by atoms with E-state index in [1.54, 1.807) is 0 Å². The zero-order valence-electron chi connectivity index (χ0n) is 20.9. The number of carbonyl (C=O) groups excluding carboxylic acids is 1. The topological polar surface area (TPSA) is 55.1 Å². The molecule has 0 bridgehead atoms. The van der Waals surface area contributed by atoms with Crippen molar-refractivity contribution < 1.29 is 4.79 Å². The van der Waals surface area contributed by atoms with Crippen LogP contribution in [0.2, 0.25) is 0 Å². The molecule has 0 fully saturated rings. The minimum Gasteiger partial charge on any atom is -0.330 e. The van der Waals surface area contributed by atoms with Gasteiger partial charge in [0.2, 0.25) is 5.91 Å². The Bertz CT molecular complexity index is 547. The van der Waals surface area contributed by atoms with Crippen LogP contribution in [0, 0.1) is 0 Å². The molecule has 1 amide bonds. The van der Waals surface area contributed by atoms with Gasteiger partial charge in [0.1, 0.15) is 0 Å². The molecule has 0 heterocycles. The normalized spacial score (nSPS) is 11.4. The van der Waals surface area contributed by atoms with E-state index in [0.717, 1.165) is 20.7 Å². The van der Waals surface area contributed by atoms with Crippen molar-refractivity contribution in [1.82, 2.24) is 0 Å². The Morgan fingerprint density at radius 2 is 1.19 bits per heavy atom. The molecule has 1 unspecified atom stereocenters. The lowest BCUT2D eigenvalue weighted by Crippen LogP contribution is -2.13. The van der Waals surface area contributed by atoms with Gasteiger partial charge in [0.25, 0.3) is 0 Å². The van der Waals surface area contributed by atoms with E-state index >= 15 is 0 Å². The summed E-state index contributed by atoms with van der Waals surface area (Å²) in [5, 5.41) is 4.33. The molecule has 0 aliphatic rings. The molecule has 0 saturated heterocycles. The molecule has 1 rings (SSSR count). The number of carbonyl (C=O) groups is 1. The summed E-state index contributed by atoms with van der Waals surface area (Å²) < 4.78 is 0. The molecule has 184 valence electrons. The monoisotopic (exact) mass is 462 g/mol. The van der Waals surface area contributed by atoms with Gasteiger partial charge >= 0.3 is 0 Å². The Labute approximate surface area is 200 Å². The largest absolute Gasteiger partial charge is 0.330 e. The number of unbranched alkanes of at least 4 members (excludes halogenated alkanes) is 15. The van der Waals surface area contributed by atoms with Gasteiger partial charge in [0, 0.05) is 12.1 Å². The summed E-state index contributed by atoms with van der Waals surface area (Å²) in [5.74, 6) is 0.0545. The predicted octanol–water partition coefficient (Wildman–Crippen LogP) is 7.93. The number of anilines is 1. The van der Waals surface area contributed by atoms with Gasteiger partial charge in [0.15, 0.2) is 0 Å². The molecule has 0 aliphatic heterocycles. The molecule has 0 saturated carbocycles. The molecule has 0 aromatic heterocycles. The second-order valence-electron chi connectivity index (χ2n) is 9.25. The van der Waals surface area contributed by atoms with Crippen LogP contribution in [0.4, 0.5) is 5.69 Å². The molecule has 4 heteroatoms. The molecular weight excluding hydrogens is 411 g/mol. The van der Waals surface area contributed by atoms with Crippen LogP contribution < -0.4 is 16.4 Å². The minimum atomic E-state index is 0.0545.